The molecular weight excluding hydrogens is 212 g/mol. The number of hydrogen-bond donors (Lipinski definition) is 0. The molecule has 0 fully saturated rings. The summed E-state index contributed by atoms with van der Waals surface area (Å²) in [6.45, 7) is 6.38. The molecule has 3 nitrogen and oxygen atoms in total. The molecule has 3 heteroatoms. The number of likely N-dealkylation sites (N-methyl/N-ethyl adjacent to an activating group) is 2. The fourth-order valence-electron chi connectivity index (χ4n) is 1.76. The third-order valence-electron chi connectivity index (χ3n) is 2.90. The van der Waals surface area contributed by atoms with Crippen molar-refractivity contribution in [3.63, 3.8) is 0 Å². The monoisotopic (exact) mass is 236 g/mol. The quantitative estimate of drug-likeness (QED) is 0.721. The first kappa shape index (κ1) is 14.0. The average Bonchev–Trinajstić information content (AvgIpc) is 2.34. The Morgan fingerprint density at radius 3 is 2.41 bits per heavy atom. The fourth-order valence-corrected chi connectivity index (χ4v) is 1.76. The molecule has 1 aromatic carbocycles. The Hall–Kier alpha value is -1.06. The maximum atomic E-state index is 5.38. The molecular formula is C14H24N2O. The largest absolute Gasteiger partial charge is 0.496 e. The van der Waals surface area contributed by atoms with Gasteiger partial charge in [-0.15, -0.1) is 0 Å². The van der Waals surface area contributed by atoms with Gasteiger partial charge in [-0.1, -0.05) is 25.1 Å². The number of hydrogen-bond acceptors (Lipinski definition) is 3. The minimum atomic E-state index is 0.953. The van der Waals surface area contributed by atoms with E-state index in [1.165, 1.54) is 5.56 Å². The molecule has 0 bridgehead atoms. The van der Waals surface area contributed by atoms with Crippen molar-refractivity contribution in [3.8, 4) is 5.75 Å². The summed E-state index contributed by atoms with van der Waals surface area (Å²) in [5.74, 6) is 0.982. The van der Waals surface area contributed by atoms with Crippen molar-refractivity contribution in [3.05, 3.63) is 29.8 Å². The van der Waals surface area contributed by atoms with Crippen LogP contribution in [0, 0.1) is 0 Å². The highest BCUT2D eigenvalue weighted by Crippen LogP contribution is 2.18. The van der Waals surface area contributed by atoms with Crippen LogP contribution in [0.1, 0.15) is 12.5 Å². The molecule has 0 unspecified atom stereocenters. The van der Waals surface area contributed by atoms with E-state index in [0.717, 1.165) is 31.9 Å². The summed E-state index contributed by atoms with van der Waals surface area (Å²) in [6, 6.07) is 8.24. The molecule has 96 valence electrons. The van der Waals surface area contributed by atoms with Crippen LogP contribution in [-0.2, 0) is 6.54 Å². The highest BCUT2D eigenvalue weighted by atomic mass is 16.5. The van der Waals surface area contributed by atoms with E-state index in [1.807, 2.05) is 12.1 Å². The van der Waals surface area contributed by atoms with Gasteiger partial charge in [0.25, 0.3) is 0 Å². The van der Waals surface area contributed by atoms with Gasteiger partial charge in [-0.05, 0) is 26.7 Å². The second-order valence-electron chi connectivity index (χ2n) is 4.48. The van der Waals surface area contributed by atoms with Crippen LogP contribution in [0.15, 0.2) is 24.3 Å². The van der Waals surface area contributed by atoms with Crippen molar-refractivity contribution in [1.82, 2.24) is 9.80 Å². The molecule has 0 radical (unpaired) electrons. The lowest BCUT2D eigenvalue weighted by Gasteiger charge is -2.23. The zero-order valence-corrected chi connectivity index (χ0v) is 11.4. The van der Waals surface area contributed by atoms with E-state index in [1.54, 1.807) is 7.11 Å². The predicted octanol–water partition coefficient (Wildman–Crippen LogP) is 2.08. The fraction of sp³-hybridized carbons (Fsp3) is 0.571. The summed E-state index contributed by atoms with van der Waals surface area (Å²) in [5, 5.41) is 0. The second kappa shape index (κ2) is 7.30. The predicted molar refractivity (Wildman–Crippen MR) is 72.5 cm³/mol. The zero-order chi connectivity index (χ0) is 12.7. The molecule has 0 aliphatic carbocycles. The Morgan fingerprint density at radius 1 is 1.12 bits per heavy atom. The van der Waals surface area contributed by atoms with Gasteiger partial charge in [-0.3, -0.25) is 4.90 Å². The van der Waals surface area contributed by atoms with Crippen molar-refractivity contribution in [2.24, 2.45) is 0 Å². The van der Waals surface area contributed by atoms with Crippen molar-refractivity contribution < 1.29 is 4.74 Å². The Kier molecular flexibility index (Phi) is 6.01. The van der Waals surface area contributed by atoms with Crippen molar-refractivity contribution in [2.45, 2.75) is 13.5 Å². The molecule has 0 N–H and O–H groups in total. The van der Waals surface area contributed by atoms with Crippen LogP contribution in [-0.4, -0.2) is 50.6 Å². The molecule has 0 aliphatic heterocycles. The Balaban J connectivity index is 2.60. The van der Waals surface area contributed by atoms with Crippen molar-refractivity contribution in [1.29, 1.82) is 0 Å². The zero-order valence-electron chi connectivity index (χ0n) is 11.4. The van der Waals surface area contributed by atoms with Gasteiger partial charge < -0.3 is 9.64 Å². The van der Waals surface area contributed by atoms with Gasteiger partial charge in [0.05, 0.1) is 7.11 Å². The van der Waals surface area contributed by atoms with Crippen molar-refractivity contribution >= 4 is 0 Å². The van der Waals surface area contributed by atoms with Gasteiger partial charge in [0, 0.05) is 25.2 Å². The number of ether oxygens (including phenoxy) is 1. The number of benzene rings is 1. The van der Waals surface area contributed by atoms with Gasteiger partial charge >= 0.3 is 0 Å². The van der Waals surface area contributed by atoms with Gasteiger partial charge in [-0.25, -0.2) is 0 Å². The standard InChI is InChI=1S/C14H24N2O/c1-5-16(11-10-15(2)3)12-13-8-6-7-9-14(13)17-4/h6-9H,5,10-12H2,1-4H3. The van der Waals surface area contributed by atoms with Crippen LogP contribution in [0.2, 0.25) is 0 Å². The van der Waals surface area contributed by atoms with Crippen LogP contribution in [0.5, 0.6) is 5.75 Å². The molecule has 17 heavy (non-hydrogen) atoms. The number of rotatable bonds is 7. The maximum Gasteiger partial charge on any atom is 0.123 e. The van der Waals surface area contributed by atoms with Gasteiger partial charge in [-0.2, -0.15) is 0 Å². The SMILES string of the molecule is CCN(CCN(C)C)Cc1ccccc1OC. The summed E-state index contributed by atoms with van der Waals surface area (Å²) in [6.07, 6.45) is 0. The molecule has 0 aromatic heterocycles. The number of nitrogens with zero attached hydrogens (tertiary/aromatic N) is 2. The van der Waals surface area contributed by atoms with Gasteiger partial charge in [0.15, 0.2) is 0 Å². The van der Waals surface area contributed by atoms with Crippen LogP contribution in [0.4, 0.5) is 0 Å². The molecule has 0 aliphatic rings. The summed E-state index contributed by atoms with van der Waals surface area (Å²) in [4.78, 5) is 4.64. The van der Waals surface area contributed by atoms with Crippen LogP contribution in [0.25, 0.3) is 0 Å². The molecule has 0 amide bonds. The smallest absolute Gasteiger partial charge is 0.123 e. The van der Waals surface area contributed by atoms with E-state index in [-0.39, 0.29) is 0 Å². The molecule has 0 saturated carbocycles. The summed E-state index contributed by atoms with van der Waals surface area (Å²) in [5.41, 5.74) is 1.26. The minimum absolute atomic E-state index is 0.953. The van der Waals surface area contributed by atoms with E-state index >= 15 is 0 Å². The first-order valence-electron chi connectivity index (χ1n) is 6.16. The van der Waals surface area contributed by atoms with Crippen LogP contribution in [0.3, 0.4) is 0 Å². The highest BCUT2D eigenvalue weighted by Gasteiger charge is 2.07. The normalized spacial score (nSPS) is 11.2. The Bertz CT molecular complexity index is 326. The molecule has 0 saturated heterocycles. The van der Waals surface area contributed by atoms with Crippen molar-refractivity contribution in [2.75, 3.05) is 40.8 Å². The van der Waals surface area contributed by atoms with E-state index in [2.05, 4.69) is 43.0 Å². The van der Waals surface area contributed by atoms with Crippen LogP contribution >= 0.6 is 0 Å². The number of methoxy groups -OCH3 is 1. The molecule has 1 rings (SSSR count). The molecule has 0 spiro atoms. The van der Waals surface area contributed by atoms with Gasteiger partial charge in [0.2, 0.25) is 0 Å². The second-order valence-corrected chi connectivity index (χ2v) is 4.48. The Labute approximate surface area is 105 Å². The highest BCUT2D eigenvalue weighted by molar-refractivity contribution is 5.33. The topological polar surface area (TPSA) is 15.7 Å². The van der Waals surface area contributed by atoms with Gasteiger partial charge in [0.1, 0.15) is 5.75 Å². The van der Waals surface area contributed by atoms with E-state index in [4.69, 9.17) is 4.74 Å². The van der Waals surface area contributed by atoms with E-state index in [9.17, 15) is 0 Å². The molecule has 0 atom stereocenters. The number of para-hydroxylation sites is 1. The maximum absolute atomic E-state index is 5.38. The minimum Gasteiger partial charge on any atom is -0.496 e. The molecule has 0 heterocycles. The van der Waals surface area contributed by atoms with Crippen LogP contribution < -0.4 is 4.74 Å². The first-order chi connectivity index (χ1) is 8.17. The average molecular weight is 236 g/mol. The lowest BCUT2D eigenvalue weighted by atomic mass is 10.2. The summed E-state index contributed by atoms with van der Waals surface area (Å²) in [7, 11) is 5.95. The summed E-state index contributed by atoms with van der Waals surface area (Å²) < 4.78 is 5.38. The third-order valence-corrected chi connectivity index (χ3v) is 2.90. The summed E-state index contributed by atoms with van der Waals surface area (Å²) >= 11 is 0. The lowest BCUT2D eigenvalue weighted by Crippen LogP contribution is -2.31. The first-order valence-corrected chi connectivity index (χ1v) is 6.16. The third kappa shape index (κ3) is 4.75. The lowest BCUT2D eigenvalue weighted by molar-refractivity contribution is 0.241. The van der Waals surface area contributed by atoms with E-state index < -0.39 is 0 Å². The Morgan fingerprint density at radius 2 is 1.82 bits per heavy atom. The van der Waals surface area contributed by atoms with E-state index in [0.29, 0.717) is 0 Å². The molecule has 1 aromatic rings.